The molecule has 1 aromatic rings. The van der Waals surface area contributed by atoms with Crippen molar-refractivity contribution < 1.29 is 8.78 Å². The number of rotatable bonds is 3. The molecular weight excluding hydrogens is 289 g/mol. The molecule has 0 amide bonds. The highest BCUT2D eigenvalue weighted by Crippen LogP contribution is 2.29. The number of nitriles is 1. The maximum atomic E-state index is 12.5. The molecule has 80 valence electrons. The van der Waals surface area contributed by atoms with Gasteiger partial charge in [0.25, 0.3) is 6.43 Å². The molecule has 0 spiro atoms. The van der Waals surface area contributed by atoms with Crippen LogP contribution in [0.4, 0.5) is 8.78 Å². The van der Waals surface area contributed by atoms with Crippen LogP contribution in [0.15, 0.2) is 10.7 Å². The number of hydrogen-bond donors (Lipinski definition) is 0. The maximum Gasteiger partial charge on any atom is 0.280 e. The lowest BCUT2D eigenvalue weighted by atomic mass is 10.1. The first-order valence-corrected chi connectivity index (χ1v) is 5.31. The molecule has 0 N–H and O–H groups in total. The van der Waals surface area contributed by atoms with Crippen molar-refractivity contribution in [3.63, 3.8) is 0 Å². The molecule has 0 aliphatic rings. The summed E-state index contributed by atoms with van der Waals surface area (Å²) in [5.41, 5.74) is 0.374. The predicted octanol–water partition coefficient (Wildman–Crippen LogP) is 3.59. The smallest absolute Gasteiger partial charge is 0.254 e. The molecule has 0 aliphatic carbocycles. The van der Waals surface area contributed by atoms with Crippen LogP contribution in [0.3, 0.4) is 0 Å². The Balaban J connectivity index is 3.34. The molecule has 0 saturated heterocycles. The second-order valence-corrected chi connectivity index (χ2v) is 3.84. The van der Waals surface area contributed by atoms with Crippen LogP contribution < -0.4 is 0 Å². The van der Waals surface area contributed by atoms with Gasteiger partial charge in [0.1, 0.15) is 5.69 Å². The van der Waals surface area contributed by atoms with Gasteiger partial charge in [-0.05, 0) is 27.1 Å². The monoisotopic (exact) mass is 294 g/mol. The summed E-state index contributed by atoms with van der Waals surface area (Å²) < 4.78 is 25.6. The first-order valence-electron chi connectivity index (χ1n) is 3.99. The number of hydrogen-bond acceptors (Lipinski definition) is 2. The van der Waals surface area contributed by atoms with E-state index in [1.54, 1.807) is 0 Å². The van der Waals surface area contributed by atoms with Crippen LogP contribution in [-0.4, -0.2) is 4.98 Å². The standard InChI is InChI=1S/C9H6BrClF2N2/c10-7-4-15-8(9(12)13)6(3-11)5(7)1-2-14/h4,9H,1,3H2. The molecule has 1 rings (SSSR count). The largest absolute Gasteiger partial charge is 0.280 e. The minimum atomic E-state index is -2.68. The Labute approximate surface area is 99.0 Å². The molecule has 1 aromatic heterocycles. The third-order valence-electron chi connectivity index (χ3n) is 1.87. The van der Waals surface area contributed by atoms with Gasteiger partial charge in [0.15, 0.2) is 0 Å². The Kier molecular flexibility index (Phi) is 4.43. The SMILES string of the molecule is N#CCc1c(Br)cnc(C(F)F)c1CCl. The third-order valence-corrected chi connectivity index (χ3v) is 2.83. The van der Waals surface area contributed by atoms with Crippen molar-refractivity contribution in [3.8, 4) is 6.07 Å². The molecule has 0 aliphatic heterocycles. The van der Waals surface area contributed by atoms with E-state index >= 15 is 0 Å². The first-order chi connectivity index (χ1) is 7.11. The average Bonchev–Trinajstić information content (AvgIpc) is 2.20. The van der Waals surface area contributed by atoms with E-state index in [4.69, 9.17) is 16.9 Å². The highest BCUT2D eigenvalue weighted by Gasteiger charge is 2.19. The fraction of sp³-hybridized carbons (Fsp3) is 0.333. The van der Waals surface area contributed by atoms with Gasteiger partial charge in [-0.2, -0.15) is 5.26 Å². The van der Waals surface area contributed by atoms with Gasteiger partial charge in [0, 0.05) is 16.5 Å². The molecule has 15 heavy (non-hydrogen) atoms. The van der Waals surface area contributed by atoms with Gasteiger partial charge >= 0.3 is 0 Å². The first kappa shape index (κ1) is 12.3. The van der Waals surface area contributed by atoms with Crippen LogP contribution in [-0.2, 0) is 12.3 Å². The van der Waals surface area contributed by atoms with E-state index in [1.807, 2.05) is 6.07 Å². The van der Waals surface area contributed by atoms with E-state index in [0.29, 0.717) is 10.0 Å². The Morgan fingerprint density at radius 3 is 2.67 bits per heavy atom. The van der Waals surface area contributed by atoms with Gasteiger partial charge in [-0.3, -0.25) is 4.98 Å². The van der Waals surface area contributed by atoms with E-state index in [0.717, 1.165) is 0 Å². The number of alkyl halides is 3. The average molecular weight is 296 g/mol. The van der Waals surface area contributed by atoms with Gasteiger partial charge in [0.2, 0.25) is 0 Å². The second-order valence-electron chi connectivity index (χ2n) is 2.72. The van der Waals surface area contributed by atoms with Gasteiger partial charge in [0.05, 0.1) is 12.5 Å². The van der Waals surface area contributed by atoms with Crippen molar-refractivity contribution in [1.82, 2.24) is 4.98 Å². The van der Waals surface area contributed by atoms with Crippen LogP contribution in [0.2, 0.25) is 0 Å². The quantitative estimate of drug-likeness (QED) is 0.799. The second kappa shape index (κ2) is 5.38. The van der Waals surface area contributed by atoms with Gasteiger partial charge in [-0.25, -0.2) is 8.78 Å². The highest BCUT2D eigenvalue weighted by atomic mass is 79.9. The van der Waals surface area contributed by atoms with Crippen LogP contribution in [0.1, 0.15) is 23.2 Å². The summed E-state index contributed by atoms with van der Waals surface area (Å²) in [6, 6.07) is 1.90. The summed E-state index contributed by atoms with van der Waals surface area (Å²) in [5.74, 6) is -0.0802. The van der Waals surface area contributed by atoms with E-state index in [-0.39, 0.29) is 23.6 Å². The van der Waals surface area contributed by atoms with E-state index in [1.165, 1.54) is 6.20 Å². The zero-order valence-corrected chi connectivity index (χ0v) is 9.82. The van der Waals surface area contributed by atoms with Crippen molar-refractivity contribution in [2.45, 2.75) is 18.7 Å². The minimum Gasteiger partial charge on any atom is -0.254 e. The molecule has 0 aromatic carbocycles. The van der Waals surface area contributed by atoms with Gasteiger partial charge in [-0.1, -0.05) is 0 Å². The summed E-state index contributed by atoms with van der Waals surface area (Å²) >= 11 is 8.74. The normalized spacial score (nSPS) is 10.4. The molecule has 0 unspecified atom stereocenters. The fourth-order valence-corrected chi connectivity index (χ4v) is 1.97. The summed E-state index contributed by atoms with van der Waals surface area (Å²) in [5, 5.41) is 8.57. The van der Waals surface area contributed by atoms with Crippen LogP contribution >= 0.6 is 27.5 Å². The van der Waals surface area contributed by atoms with Crippen molar-refractivity contribution in [2.75, 3.05) is 0 Å². The van der Waals surface area contributed by atoms with Gasteiger partial charge in [-0.15, -0.1) is 11.6 Å². The van der Waals surface area contributed by atoms with Crippen molar-refractivity contribution in [3.05, 3.63) is 27.5 Å². The Bertz CT molecular complexity index is 404. The van der Waals surface area contributed by atoms with Crippen LogP contribution in [0.5, 0.6) is 0 Å². The predicted molar refractivity (Wildman–Crippen MR) is 55.8 cm³/mol. The Morgan fingerprint density at radius 2 is 2.20 bits per heavy atom. The number of aromatic nitrogens is 1. The summed E-state index contributed by atoms with van der Waals surface area (Å²) in [6.45, 7) is 0. The van der Waals surface area contributed by atoms with Crippen molar-refractivity contribution in [1.29, 1.82) is 5.26 Å². The third kappa shape index (κ3) is 2.64. The number of nitrogens with zero attached hydrogens (tertiary/aromatic N) is 2. The van der Waals surface area contributed by atoms with E-state index < -0.39 is 6.43 Å². The highest BCUT2D eigenvalue weighted by molar-refractivity contribution is 9.10. The fourth-order valence-electron chi connectivity index (χ4n) is 1.19. The zero-order chi connectivity index (χ0) is 11.4. The van der Waals surface area contributed by atoms with Crippen LogP contribution in [0, 0.1) is 11.3 Å². The topological polar surface area (TPSA) is 36.7 Å². The minimum absolute atomic E-state index is 0.0326. The van der Waals surface area contributed by atoms with Gasteiger partial charge < -0.3 is 0 Å². The lowest BCUT2D eigenvalue weighted by Gasteiger charge is -2.10. The van der Waals surface area contributed by atoms with E-state index in [9.17, 15) is 8.78 Å². The number of pyridine rings is 1. The molecule has 0 atom stereocenters. The molecule has 0 fully saturated rings. The summed E-state index contributed by atoms with van der Waals surface area (Å²) in [4.78, 5) is 3.60. The zero-order valence-electron chi connectivity index (χ0n) is 7.48. The Hall–Kier alpha value is -0.730. The molecule has 0 bridgehead atoms. The molecule has 0 radical (unpaired) electrons. The van der Waals surface area contributed by atoms with Crippen LogP contribution in [0.25, 0.3) is 0 Å². The Morgan fingerprint density at radius 1 is 1.53 bits per heavy atom. The van der Waals surface area contributed by atoms with Crippen molar-refractivity contribution in [2.24, 2.45) is 0 Å². The van der Waals surface area contributed by atoms with E-state index in [2.05, 4.69) is 20.9 Å². The maximum absolute atomic E-state index is 12.5. The summed E-state index contributed by atoms with van der Waals surface area (Å²) in [6.07, 6.45) is -1.38. The number of halogens is 4. The molecule has 2 nitrogen and oxygen atoms in total. The summed E-state index contributed by atoms with van der Waals surface area (Å²) in [7, 11) is 0. The molecule has 6 heteroatoms. The molecule has 1 heterocycles. The van der Waals surface area contributed by atoms with Crippen molar-refractivity contribution >= 4 is 27.5 Å². The molecule has 0 saturated carbocycles. The molecular formula is C9H6BrClF2N2. The lowest BCUT2D eigenvalue weighted by Crippen LogP contribution is -2.02. The lowest BCUT2D eigenvalue weighted by molar-refractivity contribution is 0.145.